The number of ether oxygens (including phenoxy) is 2. The molecule has 12 aromatic carbocycles. The van der Waals surface area contributed by atoms with Crippen LogP contribution in [0.3, 0.4) is 0 Å². The van der Waals surface area contributed by atoms with Gasteiger partial charge in [0.05, 0.1) is 71.7 Å². The predicted molar refractivity (Wildman–Crippen MR) is 509 cm³/mol. The van der Waals surface area contributed by atoms with Crippen molar-refractivity contribution >= 4 is 106 Å². The summed E-state index contributed by atoms with van der Waals surface area (Å²) >= 11 is 0. The van der Waals surface area contributed by atoms with Crippen LogP contribution in [0.2, 0.25) is 0 Å². The van der Waals surface area contributed by atoms with Crippen molar-refractivity contribution < 1.29 is 148 Å². The molecule has 22 nitrogen and oxygen atoms in total. The molecule has 0 aliphatic heterocycles. The molecule has 0 saturated heterocycles. The third kappa shape index (κ3) is 32.7. The fourth-order valence-electron chi connectivity index (χ4n) is 13.7. The second-order valence-electron chi connectivity index (χ2n) is 28.9. The van der Waals surface area contributed by atoms with Gasteiger partial charge in [-0.05, 0) is 166 Å². The molecule has 140 heavy (non-hydrogen) atoms. The van der Waals surface area contributed by atoms with E-state index in [4.69, 9.17) is 61.4 Å². The molecule has 0 aliphatic carbocycles. The van der Waals surface area contributed by atoms with E-state index in [-0.39, 0.29) is 34.1 Å². The number of fused-ring (bicyclic) bond motifs is 4. The number of pyridine rings is 4. The molecule has 4 N–H and O–H groups in total. The number of nitrogens with zero attached hydrogens (tertiary/aromatic N) is 4. The Morgan fingerprint density at radius 3 is 0.550 bits per heavy atom. The SMILES string of the molecule is CCOCC.CCOCC.O=S(=O)([O-])C(F)(F)F.O=S(=O)([O-])C(F)(F)F.O=S(=O)([O-])C(F)(F)F.O=S(=O)([O-])C(F)(F)F.[Cu+2].[Cu+2].c1ccc(-c2cc3ccccc3c(-c3c(NCc4ccccn4)c(-c4ccccc4)cc4ccccc34)c2NCc2ccccn2)cc1.c1ccc(-c2cc3ccccc3c(-c3c(NCc4ccccn4)c(-c4ccccc4)cc4ccccc34)c2NCc2ccccn2)cc1. The van der Waals surface area contributed by atoms with Crippen LogP contribution in [-0.4, -0.2) is 120 Å². The largest absolute Gasteiger partial charge is 2.00 e. The van der Waals surface area contributed by atoms with Gasteiger partial charge < -0.3 is 49.0 Å². The normalized spacial score (nSPS) is 11.4. The summed E-state index contributed by atoms with van der Waals surface area (Å²) in [6.45, 7) is 13.7. The van der Waals surface area contributed by atoms with E-state index in [9.17, 15) is 52.7 Å². The molecule has 0 unspecified atom stereocenters. The molecule has 0 spiro atoms. The maximum atomic E-state index is 10.7. The number of nitrogens with one attached hydrogen (secondary N) is 4. The van der Waals surface area contributed by atoms with Gasteiger partial charge in [-0.1, -0.05) is 243 Å². The number of rotatable bonds is 22. The van der Waals surface area contributed by atoms with Crippen LogP contribution in [0.15, 0.2) is 340 Å². The Morgan fingerprint density at radius 1 is 0.250 bits per heavy atom. The monoisotopic (exact) mass is 2110 g/mol. The Bertz CT molecular complexity index is 6290. The molecular weight excluding hydrogens is 2020 g/mol. The van der Waals surface area contributed by atoms with Gasteiger partial charge in [0.2, 0.25) is 0 Å². The van der Waals surface area contributed by atoms with Crippen LogP contribution >= 0.6 is 0 Å². The van der Waals surface area contributed by atoms with Crippen molar-refractivity contribution in [1.82, 2.24) is 19.9 Å². The summed E-state index contributed by atoms with van der Waals surface area (Å²) in [6.07, 6.45) is 7.42. The van der Waals surface area contributed by atoms with Gasteiger partial charge in [-0.3, -0.25) is 19.9 Å². The van der Waals surface area contributed by atoms with Crippen molar-refractivity contribution in [2.24, 2.45) is 0 Å². The Balaban J connectivity index is 0.000000268. The van der Waals surface area contributed by atoms with Gasteiger partial charge in [0.1, 0.15) is 0 Å². The molecule has 0 fully saturated rings. The average molecular weight is 2110 g/mol. The van der Waals surface area contributed by atoms with Crippen LogP contribution in [0.1, 0.15) is 50.5 Å². The van der Waals surface area contributed by atoms with Crippen LogP contribution in [-0.2, 0) is 110 Å². The quantitative estimate of drug-likeness (QED) is 0.0212. The van der Waals surface area contributed by atoms with Crippen LogP contribution in [0.25, 0.3) is 110 Å². The molecule has 16 aromatic rings. The number of halogens is 12. The smallest absolute Gasteiger partial charge is 0.741 e. The second kappa shape index (κ2) is 53.0. The number of alkyl halides is 12. The number of aromatic nitrogens is 4. The molecule has 0 atom stereocenters. The molecule has 742 valence electrons. The molecule has 0 saturated carbocycles. The molecule has 0 aliphatic rings. The van der Waals surface area contributed by atoms with Gasteiger partial charge >= 0.3 is 56.2 Å². The summed E-state index contributed by atoms with van der Waals surface area (Å²) in [5, 5.41) is 25.1. The minimum Gasteiger partial charge on any atom is -0.741 e. The van der Waals surface area contributed by atoms with Gasteiger partial charge in [0.25, 0.3) is 0 Å². The van der Waals surface area contributed by atoms with Gasteiger partial charge in [-0.25, -0.2) is 33.7 Å². The fourth-order valence-corrected chi connectivity index (χ4v) is 13.7. The van der Waals surface area contributed by atoms with E-state index >= 15 is 0 Å². The van der Waals surface area contributed by atoms with Crippen LogP contribution in [0.5, 0.6) is 0 Å². The van der Waals surface area contributed by atoms with E-state index in [2.05, 4.69) is 308 Å². The average Bonchev–Trinajstić information content (AvgIpc) is 0.732. The number of hydrogen-bond acceptors (Lipinski definition) is 22. The first-order chi connectivity index (χ1) is 65.5. The summed E-state index contributed by atoms with van der Waals surface area (Å²) in [5.41, 5.74) is -0.588. The molecule has 0 bridgehead atoms. The molecule has 16 rings (SSSR count). The molecule has 0 amide bonds. The van der Waals surface area contributed by atoms with Crippen LogP contribution in [0, 0.1) is 0 Å². The standard InChI is InChI=1S/2C44H34N4.2C4H10O.4CHF3O3S.2Cu/c2*1-3-15-31(16-4-1)39-27-33-19-7-9-23-37(33)41(43(39)47-29-35-21-11-13-25-45-35)42-38-24-10-8-20-34(38)28-40(32-17-5-2-6-18-32)44(42)48-30-36-22-12-14-26-46-36;2*1-3-5-4-2;4*2-1(3,4)8(5,6)7;;/h2*1-28,47-48H,29-30H2;2*3-4H2,1-2H3;4*(H,5,6,7);;/q;;;;;;;;2*+2/p-4. The summed E-state index contributed by atoms with van der Waals surface area (Å²) in [7, 11) is -24.4. The molecule has 4 aromatic heterocycles. The summed E-state index contributed by atoms with van der Waals surface area (Å²) in [6, 6.07) is 111. The molecule has 40 heteroatoms. The van der Waals surface area contributed by atoms with E-state index < -0.39 is 62.5 Å². The van der Waals surface area contributed by atoms with Crippen LogP contribution < -0.4 is 21.3 Å². The van der Waals surface area contributed by atoms with Crippen molar-refractivity contribution in [2.75, 3.05) is 47.7 Å². The van der Waals surface area contributed by atoms with E-state index in [1.807, 2.05) is 101 Å². The summed E-state index contributed by atoms with van der Waals surface area (Å²) in [4.78, 5) is 18.7. The van der Waals surface area contributed by atoms with E-state index in [1.165, 1.54) is 43.1 Å². The molecule has 2 radical (unpaired) electrons. The molecular formula is C100H88Cu2F12N8O14S4. The fraction of sp³-hybridized carbons (Fsp3) is 0.160. The topological polar surface area (TPSA) is 347 Å². The van der Waals surface area contributed by atoms with Crippen molar-refractivity contribution in [2.45, 2.75) is 75.9 Å². The minimum atomic E-state index is -6.09. The minimum absolute atomic E-state index is 0. The Labute approximate surface area is 822 Å². The van der Waals surface area contributed by atoms with Crippen molar-refractivity contribution in [3.63, 3.8) is 0 Å². The number of benzene rings is 12. The van der Waals surface area contributed by atoms with E-state index in [0.717, 1.165) is 139 Å². The zero-order valence-corrected chi connectivity index (χ0v) is 79.4. The Morgan fingerprint density at radius 2 is 0.407 bits per heavy atom. The Kier molecular flexibility index (Phi) is 43.3. The maximum absolute atomic E-state index is 10.7. The maximum Gasteiger partial charge on any atom is 2.00 e. The third-order valence-corrected chi connectivity index (χ3v) is 21.9. The third-order valence-electron chi connectivity index (χ3n) is 19.7. The van der Waals surface area contributed by atoms with E-state index in [0.29, 0.717) is 26.2 Å². The van der Waals surface area contributed by atoms with Crippen molar-refractivity contribution in [3.05, 3.63) is 363 Å². The first kappa shape index (κ1) is 114. The van der Waals surface area contributed by atoms with Crippen molar-refractivity contribution in [3.8, 4) is 66.8 Å². The summed E-state index contributed by atoms with van der Waals surface area (Å²) < 4.78 is 245. The zero-order valence-electron chi connectivity index (χ0n) is 74.3. The van der Waals surface area contributed by atoms with Gasteiger partial charge in [0.15, 0.2) is 40.5 Å². The second-order valence-corrected chi connectivity index (χ2v) is 34.4. The number of hydrogen-bond donors (Lipinski definition) is 4. The first-order valence-electron chi connectivity index (χ1n) is 41.7. The first-order valence-corrected chi connectivity index (χ1v) is 47.4. The number of anilines is 4. The molecule has 4 heterocycles. The Hall–Kier alpha value is -12.8. The van der Waals surface area contributed by atoms with Gasteiger partial charge in [-0.15, -0.1) is 0 Å². The summed E-state index contributed by atoms with van der Waals surface area (Å²) in [5.74, 6) is 0. The van der Waals surface area contributed by atoms with Crippen molar-refractivity contribution in [1.29, 1.82) is 0 Å². The van der Waals surface area contributed by atoms with Gasteiger partial charge in [0, 0.05) is 95.7 Å². The van der Waals surface area contributed by atoms with Crippen LogP contribution in [0.4, 0.5) is 75.4 Å². The zero-order chi connectivity index (χ0) is 100. The van der Waals surface area contributed by atoms with Gasteiger partial charge in [-0.2, -0.15) is 52.7 Å². The predicted octanol–water partition coefficient (Wildman–Crippen LogP) is 24.3. The van der Waals surface area contributed by atoms with E-state index in [1.54, 1.807) is 0 Å².